The molecule has 0 saturated heterocycles. The van der Waals surface area contributed by atoms with Crippen LogP contribution >= 0.6 is 23.2 Å². The van der Waals surface area contributed by atoms with E-state index in [4.69, 9.17) is 28.9 Å². The second kappa shape index (κ2) is 6.32. The van der Waals surface area contributed by atoms with Gasteiger partial charge in [0.05, 0.1) is 4.90 Å². The van der Waals surface area contributed by atoms with Crippen LogP contribution in [0.1, 0.15) is 10.8 Å². The first-order valence-electron chi connectivity index (χ1n) is 6.01. The lowest BCUT2D eigenvalue weighted by Crippen LogP contribution is -2.23. The van der Waals surface area contributed by atoms with Crippen molar-refractivity contribution >= 4 is 33.0 Å². The Hall–Kier alpha value is -1.14. The Kier molecular flexibility index (Phi) is 4.88. The van der Waals surface area contributed by atoms with Crippen LogP contribution in [0.4, 0.5) is 4.39 Å². The molecule has 0 amide bonds. The maximum absolute atomic E-state index is 14.0. The van der Waals surface area contributed by atoms with Crippen LogP contribution in [0.5, 0.6) is 0 Å². The summed E-state index contributed by atoms with van der Waals surface area (Å²) in [6.07, 6.45) is 0. The number of hydrogen-bond donors (Lipinski definition) is 1. The van der Waals surface area contributed by atoms with Crippen molar-refractivity contribution < 1.29 is 12.8 Å². The summed E-state index contributed by atoms with van der Waals surface area (Å²) in [4.78, 5) is 0.0154. The molecule has 0 heterocycles. The summed E-state index contributed by atoms with van der Waals surface area (Å²) in [5.41, 5.74) is 5.45. The van der Waals surface area contributed by atoms with E-state index in [0.29, 0.717) is 5.02 Å². The standard InChI is InChI=1S/C14H12Cl2FNO2S/c15-9-4-6-10(7-5-9)21(19,20)13(8-18)14-11(16)2-1-3-12(14)17/h1-7,13H,8,18H2/t13-/m1/s1. The number of rotatable bonds is 4. The minimum absolute atomic E-state index is 0.0154. The van der Waals surface area contributed by atoms with Gasteiger partial charge in [-0.2, -0.15) is 0 Å². The van der Waals surface area contributed by atoms with Gasteiger partial charge in [0, 0.05) is 22.2 Å². The van der Waals surface area contributed by atoms with E-state index in [0.717, 1.165) is 6.07 Å². The van der Waals surface area contributed by atoms with Crippen molar-refractivity contribution in [2.45, 2.75) is 10.1 Å². The highest BCUT2D eigenvalue weighted by atomic mass is 35.5. The average Bonchev–Trinajstić information content (AvgIpc) is 2.43. The zero-order chi connectivity index (χ0) is 15.6. The summed E-state index contributed by atoms with van der Waals surface area (Å²) in [6.45, 7) is -0.286. The van der Waals surface area contributed by atoms with Crippen molar-refractivity contribution in [1.29, 1.82) is 0 Å². The molecule has 0 aliphatic carbocycles. The average molecular weight is 348 g/mol. The Balaban J connectivity index is 2.57. The topological polar surface area (TPSA) is 60.2 Å². The first-order valence-corrected chi connectivity index (χ1v) is 8.31. The van der Waals surface area contributed by atoms with Crippen LogP contribution in [0.3, 0.4) is 0 Å². The van der Waals surface area contributed by atoms with Crippen molar-refractivity contribution in [2.75, 3.05) is 6.54 Å². The van der Waals surface area contributed by atoms with Crippen LogP contribution in [-0.2, 0) is 9.84 Å². The summed E-state index contributed by atoms with van der Waals surface area (Å²) in [7, 11) is -3.87. The molecule has 2 aromatic rings. The summed E-state index contributed by atoms with van der Waals surface area (Å²) in [6, 6.07) is 9.60. The third-order valence-corrected chi connectivity index (χ3v) is 5.74. The highest BCUT2D eigenvalue weighted by molar-refractivity contribution is 7.91. The largest absolute Gasteiger partial charge is 0.329 e. The maximum Gasteiger partial charge on any atom is 0.186 e. The molecule has 7 heteroatoms. The zero-order valence-corrected chi connectivity index (χ0v) is 13.1. The number of sulfone groups is 1. The fourth-order valence-electron chi connectivity index (χ4n) is 2.01. The zero-order valence-electron chi connectivity index (χ0n) is 10.8. The molecular formula is C14H12Cl2FNO2S. The predicted molar refractivity (Wildman–Crippen MR) is 81.8 cm³/mol. The van der Waals surface area contributed by atoms with Crippen LogP contribution < -0.4 is 5.73 Å². The van der Waals surface area contributed by atoms with Crippen LogP contribution in [0.25, 0.3) is 0 Å². The number of benzene rings is 2. The van der Waals surface area contributed by atoms with Crippen LogP contribution in [0.2, 0.25) is 10.0 Å². The van der Waals surface area contributed by atoms with Crippen LogP contribution in [-0.4, -0.2) is 15.0 Å². The fourth-order valence-corrected chi connectivity index (χ4v) is 4.14. The molecule has 0 saturated carbocycles. The molecule has 0 aliphatic rings. The minimum atomic E-state index is -3.87. The normalized spacial score (nSPS) is 13.1. The van der Waals surface area contributed by atoms with Gasteiger partial charge in [-0.15, -0.1) is 0 Å². The van der Waals surface area contributed by atoms with E-state index >= 15 is 0 Å². The van der Waals surface area contributed by atoms with Crippen molar-refractivity contribution in [3.05, 3.63) is 63.9 Å². The van der Waals surface area contributed by atoms with Gasteiger partial charge in [0.15, 0.2) is 9.84 Å². The summed E-state index contributed by atoms with van der Waals surface area (Å²) in [5, 5.41) is -0.822. The quantitative estimate of drug-likeness (QED) is 0.918. The van der Waals surface area contributed by atoms with Gasteiger partial charge in [-0.3, -0.25) is 0 Å². The molecule has 2 rings (SSSR count). The first kappa shape index (κ1) is 16.2. The molecular weight excluding hydrogens is 336 g/mol. The Morgan fingerprint density at radius 3 is 2.24 bits per heavy atom. The smallest absolute Gasteiger partial charge is 0.186 e. The molecule has 3 nitrogen and oxygen atoms in total. The second-order valence-electron chi connectivity index (χ2n) is 4.36. The lowest BCUT2D eigenvalue weighted by atomic mass is 10.1. The molecule has 0 spiro atoms. The molecule has 0 unspecified atom stereocenters. The van der Waals surface area contributed by atoms with Crippen LogP contribution in [0, 0.1) is 5.82 Å². The molecule has 21 heavy (non-hydrogen) atoms. The van der Waals surface area contributed by atoms with E-state index in [1.807, 2.05) is 0 Å². The molecule has 2 N–H and O–H groups in total. The third kappa shape index (κ3) is 3.21. The lowest BCUT2D eigenvalue weighted by Gasteiger charge is -2.18. The van der Waals surface area contributed by atoms with Gasteiger partial charge in [0.2, 0.25) is 0 Å². The number of hydrogen-bond acceptors (Lipinski definition) is 3. The Morgan fingerprint density at radius 1 is 1.10 bits per heavy atom. The molecule has 0 radical (unpaired) electrons. The molecule has 112 valence electrons. The molecule has 0 bridgehead atoms. The molecule has 0 aromatic heterocycles. The van der Waals surface area contributed by atoms with Gasteiger partial charge in [-0.25, -0.2) is 12.8 Å². The van der Waals surface area contributed by atoms with Gasteiger partial charge < -0.3 is 5.73 Å². The molecule has 0 fully saturated rings. The van der Waals surface area contributed by atoms with E-state index in [1.54, 1.807) is 0 Å². The van der Waals surface area contributed by atoms with Gasteiger partial charge in [0.25, 0.3) is 0 Å². The van der Waals surface area contributed by atoms with Crippen molar-refractivity contribution in [2.24, 2.45) is 5.73 Å². The SMILES string of the molecule is NC[C@H](c1c(F)cccc1Cl)S(=O)(=O)c1ccc(Cl)cc1. The van der Waals surface area contributed by atoms with Gasteiger partial charge in [-0.05, 0) is 36.4 Å². The van der Waals surface area contributed by atoms with Crippen molar-refractivity contribution in [3.8, 4) is 0 Å². The molecule has 2 aromatic carbocycles. The monoisotopic (exact) mass is 347 g/mol. The third-order valence-electron chi connectivity index (χ3n) is 3.05. The summed E-state index contributed by atoms with van der Waals surface area (Å²) in [5.74, 6) is -0.699. The van der Waals surface area contributed by atoms with E-state index in [9.17, 15) is 12.8 Å². The van der Waals surface area contributed by atoms with Gasteiger partial charge in [0.1, 0.15) is 11.1 Å². The molecule has 0 aliphatic heterocycles. The van der Waals surface area contributed by atoms with Gasteiger partial charge in [-0.1, -0.05) is 29.3 Å². The van der Waals surface area contributed by atoms with Crippen molar-refractivity contribution in [1.82, 2.24) is 0 Å². The van der Waals surface area contributed by atoms with Crippen LogP contribution in [0.15, 0.2) is 47.4 Å². The predicted octanol–water partition coefficient (Wildman–Crippen LogP) is 3.61. The Morgan fingerprint density at radius 2 is 1.71 bits per heavy atom. The highest BCUT2D eigenvalue weighted by Gasteiger charge is 2.31. The van der Waals surface area contributed by atoms with E-state index in [1.165, 1.54) is 36.4 Å². The van der Waals surface area contributed by atoms with Crippen molar-refractivity contribution in [3.63, 3.8) is 0 Å². The van der Waals surface area contributed by atoms with E-state index in [-0.39, 0.29) is 22.0 Å². The Labute approximate surface area is 132 Å². The van der Waals surface area contributed by atoms with Gasteiger partial charge >= 0.3 is 0 Å². The fraction of sp³-hybridized carbons (Fsp3) is 0.143. The minimum Gasteiger partial charge on any atom is -0.329 e. The maximum atomic E-state index is 14.0. The summed E-state index contributed by atoms with van der Waals surface area (Å²) < 4.78 is 39.2. The first-order chi connectivity index (χ1) is 9.87. The summed E-state index contributed by atoms with van der Waals surface area (Å²) >= 11 is 11.7. The second-order valence-corrected chi connectivity index (χ2v) is 7.33. The van der Waals surface area contributed by atoms with E-state index < -0.39 is 20.9 Å². The highest BCUT2D eigenvalue weighted by Crippen LogP contribution is 2.34. The lowest BCUT2D eigenvalue weighted by molar-refractivity contribution is 0.568. The number of halogens is 3. The Bertz CT molecular complexity index is 728. The van der Waals surface area contributed by atoms with E-state index in [2.05, 4.69) is 0 Å². The number of nitrogens with two attached hydrogens (primary N) is 1. The molecule has 1 atom stereocenters.